The second-order valence-corrected chi connectivity index (χ2v) is 6.65. The van der Waals surface area contributed by atoms with Crippen LogP contribution in [0.25, 0.3) is 0 Å². The number of nitrogens with zero attached hydrogens (tertiary/aromatic N) is 2. The summed E-state index contributed by atoms with van der Waals surface area (Å²) in [5, 5.41) is 4.04. The van der Waals surface area contributed by atoms with Crippen LogP contribution in [0.2, 0.25) is 0 Å². The average Bonchev–Trinajstić information content (AvgIpc) is 2.80. The fraction of sp³-hybridized carbons (Fsp3) is 0.643. The summed E-state index contributed by atoms with van der Waals surface area (Å²) in [7, 11) is 0. The highest BCUT2D eigenvalue weighted by Crippen LogP contribution is 2.32. The van der Waals surface area contributed by atoms with Gasteiger partial charge in [0.15, 0.2) is 10.9 Å². The number of piperidine rings is 2. The molecule has 1 amide bonds. The van der Waals surface area contributed by atoms with Crippen molar-refractivity contribution in [2.75, 3.05) is 18.0 Å². The van der Waals surface area contributed by atoms with Crippen LogP contribution in [0.15, 0.2) is 0 Å². The fourth-order valence-electron chi connectivity index (χ4n) is 3.13. The lowest BCUT2D eigenvalue weighted by molar-refractivity contribution is -0.124. The topological polar surface area (TPSA) is 62.3 Å². The summed E-state index contributed by atoms with van der Waals surface area (Å²) in [6.45, 7) is 5.30. The third-order valence-electron chi connectivity index (χ3n) is 4.20. The molecule has 0 saturated carbocycles. The van der Waals surface area contributed by atoms with Gasteiger partial charge in [-0.1, -0.05) is 11.3 Å². The molecule has 2 fully saturated rings. The van der Waals surface area contributed by atoms with Gasteiger partial charge in [-0.15, -0.1) is 0 Å². The number of hydrogen-bond acceptors (Lipinski definition) is 5. The van der Waals surface area contributed by atoms with Gasteiger partial charge in [0.05, 0.1) is 10.6 Å². The Morgan fingerprint density at radius 3 is 2.95 bits per heavy atom. The Balaban J connectivity index is 1.75. The van der Waals surface area contributed by atoms with Crippen LogP contribution in [-0.2, 0) is 4.79 Å². The molecule has 2 atom stereocenters. The molecule has 1 aromatic rings. The molecule has 2 aliphatic rings. The van der Waals surface area contributed by atoms with Gasteiger partial charge >= 0.3 is 0 Å². The van der Waals surface area contributed by atoms with E-state index in [4.69, 9.17) is 0 Å². The molecule has 20 heavy (non-hydrogen) atoms. The van der Waals surface area contributed by atoms with Gasteiger partial charge in [0, 0.05) is 32.5 Å². The average molecular weight is 293 g/mol. The molecule has 6 heteroatoms. The Morgan fingerprint density at radius 2 is 2.25 bits per heavy atom. The van der Waals surface area contributed by atoms with Gasteiger partial charge in [0.25, 0.3) is 0 Å². The summed E-state index contributed by atoms with van der Waals surface area (Å²) in [5.74, 6) is 0.779. The number of carbonyl (C=O) groups is 2. The summed E-state index contributed by atoms with van der Waals surface area (Å²) in [5.41, 5.74) is 0.830. The van der Waals surface area contributed by atoms with E-state index in [0.29, 0.717) is 18.4 Å². The number of thiazole rings is 1. The van der Waals surface area contributed by atoms with Crippen LogP contribution >= 0.6 is 11.3 Å². The van der Waals surface area contributed by atoms with Crippen LogP contribution in [0.4, 0.5) is 5.13 Å². The van der Waals surface area contributed by atoms with Crippen molar-refractivity contribution in [2.45, 2.75) is 39.2 Å². The molecule has 1 aromatic heterocycles. The van der Waals surface area contributed by atoms with Crippen LogP contribution in [0.5, 0.6) is 0 Å². The summed E-state index contributed by atoms with van der Waals surface area (Å²) in [6.07, 6.45) is 2.55. The van der Waals surface area contributed by atoms with Crippen molar-refractivity contribution in [3.05, 3.63) is 10.6 Å². The maximum Gasteiger partial charge on any atom is 0.220 e. The highest BCUT2D eigenvalue weighted by atomic mass is 32.1. The molecule has 0 radical (unpaired) electrons. The summed E-state index contributed by atoms with van der Waals surface area (Å²) in [6, 6.07) is 0.320. The van der Waals surface area contributed by atoms with Crippen molar-refractivity contribution in [1.29, 1.82) is 0 Å². The summed E-state index contributed by atoms with van der Waals surface area (Å²) < 4.78 is 0. The third-order valence-corrected chi connectivity index (χ3v) is 5.52. The van der Waals surface area contributed by atoms with E-state index in [-0.39, 0.29) is 11.7 Å². The minimum absolute atomic E-state index is 0.0889. The first-order valence-electron chi connectivity index (χ1n) is 7.07. The normalized spacial score (nSPS) is 26.1. The number of ketones is 1. The Morgan fingerprint density at radius 1 is 1.45 bits per heavy atom. The second kappa shape index (κ2) is 5.16. The SMILES string of the molecule is CC(=O)c1sc(N2CCC3NC(=O)CCC3C2)nc1C. The van der Waals surface area contributed by atoms with Crippen molar-refractivity contribution >= 4 is 28.2 Å². The number of fused-ring (bicyclic) bond motifs is 1. The molecule has 0 spiro atoms. The molecule has 0 aliphatic carbocycles. The molecule has 0 aromatic carbocycles. The van der Waals surface area contributed by atoms with E-state index in [1.807, 2.05) is 6.92 Å². The lowest BCUT2D eigenvalue weighted by atomic mass is 9.85. The highest BCUT2D eigenvalue weighted by Gasteiger charge is 2.34. The van der Waals surface area contributed by atoms with E-state index in [1.165, 1.54) is 11.3 Å². The second-order valence-electron chi connectivity index (χ2n) is 5.67. The molecular weight excluding hydrogens is 274 g/mol. The van der Waals surface area contributed by atoms with Gasteiger partial charge < -0.3 is 10.2 Å². The minimum Gasteiger partial charge on any atom is -0.353 e. The van der Waals surface area contributed by atoms with Crippen molar-refractivity contribution in [1.82, 2.24) is 10.3 Å². The molecule has 3 rings (SSSR count). The van der Waals surface area contributed by atoms with E-state index < -0.39 is 0 Å². The van der Waals surface area contributed by atoms with E-state index >= 15 is 0 Å². The number of Topliss-reactive ketones (excluding diaryl/α,β-unsaturated/α-hetero) is 1. The van der Waals surface area contributed by atoms with Crippen LogP contribution in [-0.4, -0.2) is 35.8 Å². The number of aryl methyl sites for hydroxylation is 1. The molecule has 3 heterocycles. The fourth-order valence-corrected chi connectivity index (χ4v) is 4.13. The number of carbonyl (C=O) groups excluding carboxylic acids is 2. The first-order chi connectivity index (χ1) is 9.54. The monoisotopic (exact) mass is 293 g/mol. The van der Waals surface area contributed by atoms with Crippen molar-refractivity contribution < 1.29 is 9.59 Å². The molecule has 2 saturated heterocycles. The van der Waals surface area contributed by atoms with Crippen molar-refractivity contribution in [2.24, 2.45) is 5.92 Å². The number of rotatable bonds is 2. The van der Waals surface area contributed by atoms with Gasteiger partial charge in [-0.3, -0.25) is 9.59 Å². The number of anilines is 1. The van der Waals surface area contributed by atoms with Crippen LogP contribution in [0.1, 0.15) is 41.6 Å². The number of aromatic nitrogens is 1. The van der Waals surface area contributed by atoms with E-state index in [2.05, 4.69) is 15.2 Å². The van der Waals surface area contributed by atoms with E-state index in [9.17, 15) is 9.59 Å². The van der Waals surface area contributed by atoms with Crippen LogP contribution in [0, 0.1) is 12.8 Å². The summed E-state index contributed by atoms with van der Waals surface area (Å²) in [4.78, 5) is 30.5. The Bertz CT molecular complexity index is 555. The predicted octanol–water partition coefficient (Wildman–Crippen LogP) is 1.76. The molecule has 108 valence electrons. The molecule has 5 nitrogen and oxygen atoms in total. The first-order valence-corrected chi connectivity index (χ1v) is 7.89. The zero-order chi connectivity index (χ0) is 14.3. The van der Waals surface area contributed by atoms with Crippen molar-refractivity contribution in [3.8, 4) is 0 Å². The maximum atomic E-state index is 11.5. The Kier molecular flexibility index (Phi) is 3.50. The maximum absolute atomic E-state index is 11.5. The van der Waals surface area contributed by atoms with Gasteiger partial charge in [0.1, 0.15) is 0 Å². The van der Waals surface area contributed by atoms with Gasteiger partial charge in [-0.05, 0) is 25.7 Å². The van der Waals surface area contributed by atoms with Crippen molar-refractivity contribution in [3.63, 3.8) is 0 Å². The summed E-state index contributed by atoms with van der Waals surface area (Å²) >= 11 is 1.49. The lowest BCUT2D eigenvalue weighted by Crippen LogP contribution is -2.54. The first kappa shape index (κ1) is 13.5. The number of nitrogens with one attached hydrogen (secondary N) is 1. The molecule has 1 N–H and O–H groups in total. The minimum atomic E-state index is 0.0889. The highest BCUT2D eigenvalue weighted by molar-refractivity contribution is 7.17. The zero-order valence-corrected chi connectivity index (χ0v) is 12.6. The lowest BCUT2D eigenvalue weighted by Gasteiger charge is -2.41. The number of amides is 1. The quantitative estimate of drug-likeness (QED) is 0.844. The largest absolute Gasteiger partial charge is 0.353 e. The van der Waals surface area contributed by atoms with Gasteiger partial charge in [-0.25, -0.2) is 4.98 Å². The third kappa shape index (κ3) is 2.44. The number of hydrogen-bond donors (Lipinski definition) is 1. The standard InChI is InChI=1S/C14H19N3O2S/c1-8-13(9(2)18)20-14(15-8)17-6-5-11-10(7-17)3-4-12(19)16-11/h10-11H,3-7H2,1-2H3,(H,16,19). The molecule has 0 bridgehead atoms. The van der Waals surface area contributed by atoms with E-state index in [0.717, 1.165) is 41.6 Å². The molecule has 2 unspecified atom stereocenters. The predicted molar refractivity (Wildman–Crippen MR) is 78.3 cm³/mol. The Labute approximate surface area is 122 Å². The van der Waals surface area contributed by atoms with Crippen LogP contribution < -0.4 is 10.2 Å². The van der Waals surface area contributed by atoms with Gasteiger partial charge in [-0.2, -0.15) is 0 Å². The van der Waals surface area contributed by atoms with Gasteiger partial charge in [0.2, 0.25) is 5.91 Å². The smallest absolute Gasteiger partial charge is 0.220 e. The molecule has 2 aliphatic heterocycles. The molecular formula is C14H19N3O2S. The zero-order valence-electron chi connectivity index (χ0n) is 11.8. The van der Waals surface area contributed by atoms with Crippen LogP contribution in [0.3, 0.4) is 0 Å². The van der Waals surface area contributed by atoms with E-state index in [1.54, 1.807) is 6.92 Å². The Hall–Kier alpha value is -1.43.